The molecule has 190 valence electrons. The van der Waals surface area contributed by atoms with Crippen molar-refractivity contribution in [2.24, 2.45) is 0 Å². The van der Waals surface area contributed by atoms with Crippen molar-refractivity contribution in [1.82, 2.24) is 49.6 Å². The minimum atomic E-state index is -2.62. The number of fused-ring (bicyclic) bond motifs is 2. The fourth-order valence-electron chi connectivity index (χ4n) is 4.94. The van der Waals surface area contributed by atoms with Crippen LogP contribution in [0.15, 0.2) is 55.5 Å². The second-order valence-corrected chi connectivity index (χ2v) is 9.63. The van der Waals surface area contributed by atoms with E-state index in [2.05, 4.69) is 35.1 Å². The summed E-state index contributed by atoms with van der Waals surface area (Å²) in [5.74, 6) is -2.06. The summed E-state index contributed by atoms with van der Waals surface area (Å²) in [5, 5.41) is 8.24. The molecule has 7 rings (SSSR count). The lowest BCUT2D eigenvalue weighted by molar-refractivity contribution is 0.0115. The molecule has 0 amide bonds. The Morgan fingerprint density at radius 1 is 1.05 bits per heavy atom. The lowest BCUT2D eigenvalue weighted by Crippen LogP contribution is -2.24. The number of hydrogen-bond donors (Lipinski definition) is 2. The maximum atomic E-state index is 13.6. The first kappa shape index (κ1) is 22.6. The van der Waals surface area contributed by atoms with Crippen LogP contribution >= 0.6 is 0 Å². The first-order valence-electron chi connectivity index (χ1n) is 12.2. The second-order valence-electron chi connectivity index (χ2n) is 9.63. The van der Waals surface area contributed by atoms with Crippen LogP contribution in [0.5, 0.6) is 0 Å². The average Bonchev–Trinajstić information content (AvgIpc) is 3.69. The van der Waals surface area contributed by atoms with E-state index in [0.29, 0.717) is 41.4 Å². The SMILES string of the molecule is Cc1cn(-c2ccnc3[nH]c(-c4n[nH]c5ncc(-c6cncc(CN7CCC(F)(F)C7)c6)cc45)nc23)cn1. The number of imidazole rings is 2. The van der Waals surface area contributed by atoms with Gasteiger partial charge in [0.05, 0.1) is 29.6 Å². The Morgan fingerprint density at radius 3 is 2.76 bits per heavy atom. The standard InChI is InChI=1S/C26H22F2N10/c1-15-11-38(14-32-15)20-2-4-30-24-22(20)33-25(34-24)21-19-7-18(10-31-23(19)36-35-21)17-6-16(8-29-9-17)12-37-5-3-26(27,28)13-37/h2,4,6-11,14H,3,5,12-13H2,1H3,(H,30,33,34)(H,31,35,36). The maximum absolute atomic E-state index is 13.6. The molecule has 0 atom stereocenters. The number of aryl methyl sites for hydroxylation is 1. The van der Waals surface area contributed by atoms with E-state index in [4.69, 9.17) is 4.98 Å². The minimum absolute atomic E-state index is 0.106. The first-order valence-corrected chi connectivity index (χ1v) is 12.2. The fourth-order valence-corrected chi connectivity index (χ4v) is 4.94. The molecule has 2 N–H and O–H groups in total. The van der Waals surface area contributed by atoms with Gasteiger partial charge in [-0.3, -0.25) is 15.0 Å². The molecule has 0 spiro atoms. The number of pyridine rings is 3. The van der Waals surface area contributed by atoms with Crippen molar-refractivity contribution in [3.05, 3.63) is 66.8 Å². The van der Waals surface area contributed by atoms with E-state index in [1.54, 1.807) is 36.0 Å². The molecular formula is C26H22F2N10. The van der Waals surface area contributed by atoms with Gasteiger partial charge in [0.15, 0.2) is 17.1 Å². The molecule has 38 heavy (non-hydrogen) atoms. The highest BCUT2D eigenvalue weighted by atomic mass is 19.3. The molecule has 1 saturated heterocycles. The van der Waals surface area contributed by atoms with Crippen molar-refractivity contribution in [1.29, 1.82) is 0 Å². The molecule has 0 bridgehead atoms. The summed E-state index contributed by atoms with van der Waals surface area (Å²) in [7, 11) is 0. The van der Waals surface area contributed by atoms with Crippen LogP contribution in [0, 0.1) is 6.92 Å². The van der Waals surface area contributed by atoms with Gasteiger partial charge in [-0.05, 0) is 30.7 Å². The van der Waals surface area contributed by atoms with Crippen LogP contribution < -0.4 is 0 Å². The highest BCUT2D eigenvalue weighted by Gasteiger charge is 2.37. The van der Waals surface area contributed by atoms with Gasteiger partial charge in [-0.1, -0.05) is 0 Å². The zero-order valence-electron chi connectivity index (χ0n) is 20.4. The quantitative estimate of drug-likeness (QED) is 0.354. The first-order chi connectivity index (χ1) is 18.4. The highest BCUT2D eigenvalue weighted by Crippen LogP contribution is 2.31. The Labute approximate surface area is 214 Å². The van der Waals surface area contributed by atoms with E-state index in [1.165, 1.54) is 0 Å². The molecule has 0 aromatic carbocycles. The molecule has 0 aliphatic carbocycles. The van der Waals surface area contributed by atoms with Crippen LogP contribution in [-0.4, -0.2) is 68.6 Å². The Kier molecular flexibility index (Phi) is 5.05. The van der Waals surface area contributed by atoms with Crippen molar-refractivity contribution in [2.75, 3.05) is 13.1 Å². The van der Waals surface area contributed by atoms with Crippen LogP contribution in [0.1, 0.15) is 17.7 Å². The largest absolute Gasteiger partial charge is 0.321 e. The monoisotopic (exact) mass is 512 g/mol. The van der Waals surface area contributed by atoms with Crippen molar-refractivity contribution < 1.29 is 8.78 Å². The van der Waals surface area contributed by atoms with Gasteiger partial charge < -0.3 is 9.55 Å². The smallest absolute Gasteiger partial charge is 0.261 e. The van der Waals surface area contributed by atoms with Gasteiger partial charge in [-0.25, -0.2) is 28.7 Å². The van der Waals surface area contributed by atoms with Gasteiger partial charge >= 0.3 is 0 Å². The van der Waals surface area contributed by atoms with Crippen LogP contribution in [0.25, 0.3) is 50.5 Å². The predicted octanol–water partition coefficient (Wildman–Crippen LogP) is 4.29. The number of aromatic amines is 2. The summed E-state index contributed by atoms with van der Waals surface area (Å²) in [6, 6.07) is 5.84. The van der Waals surface area contributed by atoms with E-state index in [-0.39, 0.29) is 13.0 Å². The number of H-pyrrole nitrogens is 2. The summed E-state index contributed by atoms with van der Waals surface area (Å²) < 4.78 is 29.2. The summed E-state index contributed by atoms with van der Waals surface area (Å²) in [6.45, 7) is 2.50. The zero-order chi connectivity index (χ0) is 25.9. The molecule has 0 saturated carbocycles. The van der Waals surface area contributed by atoms with Gasteiger partial charge in [0.25, 0.3) is 5.92 Å². The molecule has 10 nitrogen and oxygen atoms in total. The van der Waals surface area contributed by atoms with Crippen LogP contribution in [0.2, 0.25) is 0 Å². The van der Waals surface area contributed by atoms with E-state index in [0.717, 1.165) is 33.5 Å². The number of rotatable bonds is 5. The molecular weight excluding hydrogens is 490 g/mol. The van der Waals surface area contributed by atoms with Gasteiger partial charge in [0.2, 0.25) is 0 Å². The van der Waals surface area contributed by atoms with Crippen molar-refractivity contribution in [3.8, 4) is 28.3 Å². The zero-order valence-corrected chi connectivity index (χ0v) is 20.4. The number of hydrogen-bond acceptors (Lipinski definition) is 7. The van der Waals surface area contributed by atoms with Crippen molar-refractivity contribution >= 4 is 22.2 Å². The molecule has 1 aliphatic rings. The third-order valence-electron chi connectivity index (χ3n) is 6.78. The second kappa shape index (κ2) is 8.48. The topological polar surface area (TPSA) is 117 Å². The van der Waals surface area contributed by atoms with Gasteiger partial charge in [-0.15, -0.1) is 0 Å². The number of alkyl halides is 2. The summed E-state index contributed by atoms with van der Waals surface area (Å²) in [5.41, 5.74) is 6.88. The summed E-state index contributed by atoms with van der Waals surface area (Å²) in [4.78, 5) is 27.5. The Balaban J connectivity index is 1.24. The average molecular weight is 513 g/mol. The predicted molar refractivity (Wildman–Crippen MR) is 137 cm³/mol. The lowest BCUT2D eigenvalue weighted by atomic mass is 10.1. The van der Waals surface area contributed by atoms with E-state index < -0.39 is 5.92 Å². The maximum Gasteiger partial charge on any atom is 0.261 e. The van der Waals surface area contributed by atoms with Gasteiger partial charge in [-0.2, -0.15) is 5.10 Å². The van der Waals surface area contributed by atoms with Crippen LogP contribution in [0.4, 0.5) is 8.78 Å². The number of likely N-dealkylation sites (tertiary alicyclic amines) is 1. The van der Waals surface area contributed by atoms with E-state index in [9.17, 15) is 8.78 Å². The van der Waals surface area contributed by atoms with Crippen LogP contribution in [0.3, 0.4) is 0 Å². The lowest BCUT2D eigenvalue weighted by Gasteiger charge is -2.15. The molecule has 1 aliphatic heterocycles. The molecule has 12 heteroatoms. The Hall–Kier alpha value is -4.58. The van der Waals surface area contributed by atoms with Gasteiger partial charge in [0, 0.05) is 61.6 Å². The Morgan fingerprint density at radius 2 is 1.95 bits per heavy atom. The number of nitrogens with zero attached hydrogens (tertiary/aromatic N) is 8. The van der Waals surface area contributed by atoms with Crippen molar-refractivity contribution in [2.45, 2.75) is 25.8 Å². The summed E-state index contributed by atoms with van der Waals surface area (Å²) in [6.07, 6.45) is 10.5. The molecule has 1 fully saturated rings. The van der Waals surface area contributed by atoms with E-state index in [1.807, 2.05) is 35.9 Å². The van der Waals surface area contributed by atoms with Gasteiger partial charge in [0.1, 0.15) is 11.2 Å². The molecule has 6 aromatic heterocycles. The minimum Gasteiger partial charge on any atom is -0.321 e. The highest BCUT2D eigenvalue weighted by molar-refractivity contribution is 5.94. The Bertz CT molecular complexity index is 1800. The van der Waals surface area contributed by atoms with E-state index >= 15 is 0 Å². The third-order valence-corrected chi connectivity index (χ3v) is 6.78. The summed E-state index contributed by atoms with van der Waals surface area (Å²) >= 11 is 0. The third kappa shape index (κ3) is 3.98. The fraction of sp³-hybridized carbons (Fsp3) is 0.231. The molecule has 0 radical (unpaired) electrons. The molecule has 6 aromatic rings. The number of nitrogens with one attached hydrogen (secondary N) is 2. The van der Waals surface area contributed by atoms with Crippen LogP contribution in [-0.2, 0) is 6.54 Å². The molecule has 7 heterocycles. The number of halogens is 2. The number of aromatic nitrogens is 9. The van der Waals surface area contributed by atoms with Crippen molar-refractivity contribution in [3.63, 3.8) is 0 Å². The molecule has 0 unspecified atom stereocenters. The normalized spacial score (nSPS) is 15.7.